The molecule has 0 saturated carbocycles. The third-order valence-electron chi connectivity index (χ3n) is 5.61. The van der Waals surface area contributed by atoms with Gasteiger partial charge in [0, 0.05) is 64.1 Å². The first kappa shape index (κ1) is 24.8. The molecule has 176 valence electrons. The number of ether oxygens (including phenoxy) is 1. The highest BCUT2D eigenvalue weighted by molar-refractivity contribution is 14.0. The van der Waals surface area contributed by atoms with Crippen molar-refractivity contribution in [2.75, 3.05) is 51.8 Å². The molecule has 1 aromatic heterocycles. The second-order valence-electron chi connectivity index (χ2n) is 7.63. The number of nitrogens with zero attached hydrogens (tertiary/aromatic N) is 5. The summed E-state index contributed by atoms with van der Waals surface area (Å²) in [5.74, 6) is 1.54. The zero-order valence-corrected chi connectivity index (χ0v) is 21.3. The molecule has 2 heterocycles. The third-order valence-corrected chi connectivity index (χ3v) is 5.61. The van der Waals surface area contributed by atoms with E-state index in [0.29, 0.717) is 0 Å². The molecule has 0 spiro atoms. The van der Waals surface area contributed by atoms with Crippen molar-refractivity contribution < 1.29 is 9.13 Å². The number of hydrogen-bond acceptors (Lipinski definition) is 4. The molecule has 0 bridgehead atoms. The minimum Gasteiger partial charge on any atom is -0.497 e. The Morgan fingerprint density at radius 2 is 1.82 bits per heavy atom. The lowest BCUT2D eigenvalue weighted by Gasteiger charge is -2.37. The number of rotatable bonds is 6. The lowest BCUT2D eigenvalue weighted by atomic mass is 10.2. The van der Waals surface area contributed by atoms with E-state index in [1.165, 1.54) is 17.8 Å². The van der Waals surface area contributed by atoms with Crippen molar-refractivity contribution in [2.24, 2.45) is 4.99 Å². The van der Waals surface area contributed by atoms with E-state index in [4.69, 9.17) is 4.74 Å². The lowest BCUT2D eigenvalue weighted by Crippen LogP contribution is -2.52. The Labute approximate surface area is 211 Å². The summed E-state index contributed by atoms with van der Waals surface area (Å²) in [6, 6.07) is 16.5. The molecular formula is C24H30FIN6O. The predicted octanol–water partition coefficient (Wildman–Crippen LogP) is 3.58. The van der Waals surface area contributed by atoms with Crippen LogP contribution in [0, 0.1) is 5.82 Å². The van der Waals surface area contributed by atoms with E-state index in [9.17, 15) is 4.39 Å². The molecule has 1 aliphatic heterocycles. The number of aromatic nitrogens is 2. The van der Waals surface area contributed by atoms with Crippen LogP contribution in [0.3, 0.4) is 0 Å². The summed E-state index contributed by atoms with van der Waals surface area (Å²) in [6.45, 7) is 4.39. The molecule has 9 heteroatoms. The highest BCUT2D eigenvalue weighted by atomic mass is 127. The predicted molar refractivity (Wildman–Crippen MR) is 141 cm³/mol. The molecule has 4 rings (SSSR count). The van der Waals surface area contributed by atoms with Crippen LogP contribution in [0.25, 0.3) is 5.69 Å². The first-order valence-electron chi connectivity index (χ1n) is 10.8. The van der Waals surface area contributed by atoms with Gasteiger partial charge in [0.05, 0.1) is 18.5 Å². The molecule has 1 N–H and O–H groups in total. The van der Waals surface area contributed by atoms with E-state index < -0.39 is 0 Å². The Morgan fingerprint density at radius 1 is 1.06 bits per heavy atom. The second-order valence-corrected chi connectivity index (χ2v) is 7.63. The van der Waals surface area contributed by atoms with Crippen LogP contribution in [0.5, 0.6) is 5.75 Å². The molecule has 0 atom stereocenters. The van der Waals surface area contributed by atoms with E-state index in [0.717, 1.165) is 62.2 Å². The van der Waals surface area contributed by atoms with Crippen LogP contribution in [-0.4, -0.2) is 67.5 Å². The number of methoxy groups -OCH3 is 1. The highest BCUT2D eigenvalue weighted by Crippen LogP contribution is 2.22. The van der Waals surface area contributed by atoms with Gasteiger partial charge in [0.1, 0.15) is 11.6 Å². The van der Waals surface area contributed by atoms with E-state index in [1.807, 2.05) is 31.4 Å². The summed E-state index contributed by atoms with van der Waals surface area (Å²) < 4.78 is 20.2. The van der Waals surface area contributed by atoms with Gasteiger partial charge in [0.15, 0.2) is 5.96 Å². The SMILES string of the molecule is CN=C(NCCc1ccn(-c2ccc(F)cc2)n1)N1CCN(c2cccc(OC)c2)CC1.I. The van der Waals surface area contributed by atoms with Crippen molar-refractivity contribution >= 4 is 35.6 Å². The number of aliphatic imine (C=N–C) groups is 1. The smallest absolute Gasteiger partial charge is 0.193 e. The van der Waals surface area contributed by atoms with Crippen molar-refractivity contribution in [3.63, 3.8) is 0 Å². The third kappa shape index (κ3) is 6.37. The minimum absolute atomic E-state index is 0. The fraction of sp³-hybridized carbons (Fsp3) is 0.333. The van der Waals surface area contributed by atoms with Crippen LogP contribution in [-0.2, 0) is 6.42 Å². The Kier molecular flexibility index (Phi) is 8.93. The number of piperazine rings is 1. The first-order chi connectivity index (χ1) is 15.7. The summed E-state index contributed by atoms with van der Waals surface area (Å²) in [6.07, 6.45) is 2.67. The summed E-state index contributed by atoms with van der Waals surface area (Å²) in [4.78, 5) is 9.12. The summed E-state index contributed by atoms with van der Waals surface area (Å²) in [5, 5.41) is 8.04. The van der Waals surface area contributed by atoms with Gasteiger partial charge in [-0.15, -0.1) is 24.0 Å². The largest absolute Gasteiger partial charge is 0.497 e. The quantitative estimate of drug-likeness (QED) is 0.282. The van der Waals surface area contributed by atoms with Crippen molar-refractivity contribution in [2.45, 2.75) is 6.42 Å². The summed E-state index contributed by atoms with van der Waals surface area (Å²) in [7, 11) is 3.51. The van der Waals surface area contributed by atoms with Gasteiger partial charge in [-0.2, -0.15) is 5.10 Å². The molecule has 0 aliphatic carbocycles. The maximum atomic E-state index is 13.1. The Balaban J connectivity index is 0.00000306. The molecule has 7 nitrogen and oxygen atoms in total. The first-order valence-corrected chi connectivity index (χ1v) is 10.8. The topological polar surface area (TPSA) is 57.9 Å². The number of guanidine groups is 1. The molecular weight excluding hydrogens is 534 g/mol. The van der Waals surface area contributed by atoms with Crippen molar-refractivity contribution in [3.8, 4) is 11.4 Å². The Morgan fingerprint density at radius 3 is 2.52 bits per heavy atom. The van der Waals surface area contributed by atoms with Crippen LogP contribution < -0.4 is 15.0 Å². The number of nitrogens with one attached hydrogen (secondary N) is 1. The molecule has 0 radical (unpaired) electrons. The fourth-order valence-corrected chi connectivity index (χ4v) is 3.85. The molecule has 1 saturated heterocycles. The van der Waals surface area contributed by atoms with Gasteiger partial charge in [-0.3, -0.25) is 4.99 Å². The molecule has 2 aromatic carbocycles. The van der Waals surface area contributed by atoms with Crippen molar-refractivity contribution in [3.05, 3.63) is 72.3 Å². The van der Waals surface area contributed by atoms with Gasteiger partial charge >= 0.3 is 0 Å². The highest BCUT2D eigenvalue weighted by Gasteiger charge is 2.20. The molecule has 33 heavy (non-hydrogen) atoms. The average molecular weight is 564 g/mol. The molecule has 0 unspecified atom stereocenters. The van der Waals surface area contributed by atoms with Crippen LogP contribution in [0.4, 0.5) is 10.1 Å². The lowest BCUT2D eigenvalue weighted by molar-refractivity contribution is 0.372. The maximum Gasteiger partial charge on any atom is 0.193 e. The molecule has 1 aliphatic rings. The number of benzene rings is 2. The van der Waals surface area contributed by atoms with Gasteiger partial charge in [0.25, 0.3) is 0 Å². The summed E-state index contributed by atoms with van der Waals surface area (Å²) >= 11 is 0. The fourth-order valence-electron chi connectivity index (χ4n) is 3.85. The Hall–Kier alpha value is -2.82. The van der Waals surface area contributed by atoms with Gasteiger partial charge in [0.2, 0.25) is 0 Å². The van der Waals surface area contributed by atoms with Crippen molar-refractivity contribution in [1.82, 2.24) is 20.0 Å². The number of hydrogen-bond donors (Lipinski definition) is 1. The normalized spacial score (nSPS) is 14.1. The zero-order chi connectivity index (χ0) is 22.3. The molecule has 3 aromatic rings. The van der Waals surface area contributed by atoms with Gasteiger partial charge in [-0.05, 0) is 42.5 Å². The average Bonchev–Trinajstić information content (AvgIpc) is 3.31. The number of halogens is 2. The van der Waals surface area contributed by atoms with E-state index in [2.05, 4.69) is 37.3 Å². The second kappa shape index (κ2) is 11.9. The van der Waals surface area contributed by atoms with Gasteiger partial charge in [-0.1, -0.05) is 6.07 Å². The van der Waals surface area contributed by atoms with Crippen LogP contribution in [0.1, 0.15) is 5.69 Å². The van der Waals surface area contributed by atoms with Crippen LogP contribution in [0.2, 0.25) is 0 Å². The molecule has 0 amide bonds. The number of anilines is 1. The zero-order valence-electron chi connectivity index (χ0n) is 18.9. The maximum absolute atomic E-state index is 13.1. The van der Waals surface area contributed by atoms with Gasteiger partial charge in [-0.25, -0.2) is 9.07 Å². The minimum atomic E-state index is -0.249. The Bertz CT molecular complexity index is 1050. The molecule has 1 fully saturated rings. The van der Waals surface area contributed by atoms with Crippen LogP contribution >= 0.6 is 24.0 Å². The standard InChI is InChI=1S/C24H29FN6O.HI/c1-26-24(30-16-14-29(15-17-30)22-4-3-5-23(18-22)32-2)27-12-10-20-11-13-31(28-20)21-8-6-19(25)7-9-21;/h3-9,11,13,18H,10,12,14-17H2,1-2H3,(H,26,27);1H. The van der Waals surface area contributed by atoms with E-state index in [-0.39, 0.29) is 29.8 Å². The van der Waals surface area contributed by atoms with Gasteiger partial charge < -0.3 is 19.9 Å². The van der Waals surface area contributed by atoms with Crippen LogP contribution in [0.15, 0.2) is 65.8 Å². The summed E-state index contributed by atoms with van der Waals surface area (Å²) in [5.41, 5.74) is 3.00. The van der Waals surface area contributed by atoms with Crippen molar-refractivity contribution in [1.29, 1.82) is 0 Å². The van der Waals surface area contributed by atoms with E-state index >= 15 is 0 Å². The monoisotopic (exact) mass is 564 g/mol. The van der Waals surface area contributed by atoms with E-state index in [1.54, 1.807) is 23.9 Å².